The van der Waals surface area contributed by atoms with Gasteiger partial charge in [0.25, 0.3) is 5.91 Å². The van der Waals surface area contributed by atoms with Crippen molar-refractivity contribution in [2.45, 2.75) is 33.4 Å². The number of carbonyl (C=O) groups excluding carboxylic acids is 1. The maximum absolute atomic E-state index is 12.1. The van der Waals surface area contributed by atoms with E-state index in [1.807, 2.05) is 57.2 Å². The van der Waals surface area contributed by atoms with Gasteiger partial charge in [0.1, 0.15) is 11.6 Å². The van der Waals surface area contributed by atoms with Crippen LogP contribution in [0.1, 0.15) is 25.1 Å². The minimum atomic E-state index is -0.345. The number of amides is 1. The first kappa shape index (κ1) is 16.6. The molecule has 4 nitrogen and oxygen atoms in total. The minimum absolute atomic E-state index is 0.0116. The van der Waals surface area contributed by atoms with Crippen molar-refractivity contribution in [3.8, 4) is 6.07 Å². The van der Waals surface area contributed by atoms with Gasteiger partial charge in [-0.2, -0.15) is 5.26 Å². The van der Waals surface area contributed by atoms with E-state index in [9.17, 15) is 10.1 Å². The molecule has 23 heavy (non-hydrogen) atoms. The zero-order valence-corrected chi connectivity index (χ0v) is 13.8. The summed E-state index contributed by atoms with van der Waals surface area (Å²) in [4.78, 5) is 12.1. The van der Waals surface area contributed by atoms with Gasteiger partial charge in [0.2, 0.25) is 0 Å². The number of nitrogens with one attached hydrogen (secondary N) is 1. The summed E-state index contributed by atoms with van der Waals surface area (Å²) in [6.07, 6.45) is 3.51. The molecule has 1 heterocycles. The van der Waals surface area contributed by atoms with Crippen LogP contribution in [0.5, 0.6) is 0 Å². The highest BCUT2D eigenvalue weighted by Gasteiger charge is 2.15. The molecule has 0 radical (unpaired) electrons. The third kappa shape index (κ3) is 3.35. The lowest BCUT2D eigenvalue weighted by molar-refractivity contribution is -0.117. The second-order valence-corrected chi connectivity index (χ2v) is 5.71. The highest BCUT2D eigenvalue weighted by atomic mass is 16.1. The Morgan fingerprint density at radius 2 is 2.13 bits per heavy atom. The standard InChI is InChI=1S/C19H21N3O/c1-5-10-22-14(4)17(16-8-6-7-9-18(16)22)11-15(12-20)19(23)21-13(2)3/h5-9,11,13H,1,10H2,2-4H3,(H,21,23). The molecule has 0 atom stereocenters. The summed E-state index contributed by atoms with van der Waals surface area (Å²) in [5, 5.41) is 13.1. The van der Waals surface area contributed by atoms with Crippen molar-refractivity contribution < 1.29 is 4.79 Å². The average Bonchev–Trinajstić information content (AvgIpc) is 2.77. The number of allylic oxidation sites excluding steroid dienone is 1. The molecule has 2 rings (SSSR count). The summed E-state index contributed by atoms with van der Waals surface area (Å²) in [5.74, 6) is -0.345. The highest BCUT2D eigenvalue weighted by molar-refractivity contribution is 6.04. The predicted octanol–water partition coefficient (Wildman–Crippen LogP) is 3.57. The van der Waals surface area contributed by atoms with Crippen LogP contribution in [-0.4, -0.2) is 16.5 Å². The second-order valence-electron chi connectivity index (χ2n) is 5.71. The van der Waals surface area contributed by atoms with Gasteiger partial charge in [-0.3, -0.25) is 4.79 Å². The zero-order valence-electron chi connectivity index (χ0n) is 13.8. The Bertz CT molecular complexity index is 819. The number of aromatic nitrogens is 1. The molecule has 2 aromatic rings. The van der Waals surface area contributed by atoms with Crippen LogP contribution in [0.4, 0.5) is 0 Å². The smallest absolute Gasteiger partial charge is 0.262 e. The molecular formula is C19H21N3O. The first-order chi connectivity index (χ1) is 11.0. The number of rotatable bonds is 5. The molecule has 0 saturated carbocycles. The Morgan fingerprint density at radius 3 is 2.74 bits per heavy atom. The summed E-state index contributed by atoms with van der Waals surface area (Å²) in [6, 6.07) is 9.96. The molecule has 1 amide bonds. The van der Waals surface area contributed by atoms with Gasteiger partial charge >= 0.3 is 0 Å². The predicted molar refractivity (Wildman–Crippen MR) is 93.7 cm³/mol. The number of nitrogens with zero attached hydrogens (tertiary/aromatic N) is 2. The maximum Gasteiger partial charge on any atom is 0.262 e. The molecule has 0 aliphatic heterocycles. The largest absolute Gasteiger partial charge is 0.349 e. The summed E-state index contributed by atoms with van der Waals surface area (Å²) < 4.78 is 2.13. The van der Waals surface area contributed by atoms with Crippen LogP contribution >= 0.6 is 0 Å². The van der Waals surface area contributed by atoms with E-state index in [1.54, 1.807) is 6.08 Å². The summed E-state index contributed by atoms with van der Waals surface area (Å²) in [5.41, 5.74) is 3.09. The molecule has 118 valence electrons. The fourth-order valence-corrected chi connectivity index (χ4v) is 2.64. The van der Waals surface area contributed by atoms with Crippen LogP contribution in [0.2, 0.25) is 0 Å². The fraction of sp³-hybridized carbons (Fsp3) is 0.263. The third-order valence-electron chi connectivity index (χ3n) is 3.66. The Labute approximate surface area is 136 Å². The lowest BCUT2D eigenvalue weighted by Gasteiger charge is -2.07. The fourth-order valence-electron chi connectivity index (χ4n) is 2.64. The van der Waals surface area contributed by atoms with E-state index in [-0.39, 0.29) is 17.5 Å². The Kier molecular flexibility index (Phi) is 5.02. The lowest BCUT2D eigenvalue weighted by Crippen LogP contribution is -2.30. The second kappa shape index (κ2) is 6.97. The molecule has 0 saturated heterocycles. The number of hydrogen-bond acceptors (Lipinski definition) is 2. The molecule has 0 fully saturated rings. The van der Waals surface area contributed by atoms with Crippen molar-refractivity contribution >= 4 is 22.9 Å². The lowest BCUT2D eigenvalue weighted by atomic mass is 10.1. The number of carbonyl (C=O) groups is 1. The summed E-state index contributed by atoms with van der Waals surface area (Å²) >= 11 is 0. The third-order valence-corrected chi connectivity index (χ3v) is 3.66. The van der Waals surface area contributed by atoms with Crippen LogP contribution in [-0.2, 0) is 11.3 Å². The number of fused-ring (bicyclic) bond motifs is 1. The van der Waals surface area contributed by atoms with Gasteiger partial charge in [0.15, 0.2) is 0 Å². The first-order valence-electron chi connectivity index (χ1n) is 7.61. The van der Waals surface area contributed by atoms with Crippen LogP contribution < -0.4 is 5.32 Å². The van der Waals surface area contributed by atoms with Crippen molar-refractivity contribution in [3.05, 3.63) is 53.8 Å². The van der Waals surface area contributed by atoms with Crippen LogP contribution in [0, 0.1) is 18.3 Å². The van der Waals surface area contributed by atoms with E-state index in [0.29, 0.717) is 6.54 Å². The number of nitriles is 1. The van der Waals surface area contributed by atoms with Gasteiger partial charge in [-0.15, -0.1) is 6.58 Å². The van der Waals surface area contributed by atoms with Gasteiger partial charge in [0.05, 0.1) is 0 Å². The van der Waals surface area contributed by atoms with E-state index in [2.05, 4.69) is 16.5 Å². The monoisotopic (exact) mass is 307 g/mol. The first-order valence-corrected chi connectivity index (χ1v) is 7.61. The van der Waals surface area contributed by atoms with Gasteiger partial charge in [0, 0.05) is 34.7 Å². The Morgan fingerprint density at radius 1 is 1.43 bits per heavy atom. The van der Waals surface area contributed by atoms with E-state index in [0.717, 1.165) is 22.2 Å². The Hall–Kier alpha value is -2.80. The Balaban J connectivity index is 2.61. The molecule has 1 aromatic carbocycles. The molecule has 1 N–H and O–H groups in total. The van der Waals surface area contributed by atoms with Crippen molar-refractivity contribution in [2.24, 2.45) is 0 Å². The molecule has 0 aliphatic rings. The van der Waals surface area contributed by atoms with Crippen LogP contribution in [0.15, 0.2) is 42.5 Å². The van der Waals surface area contributed by atoms with E-state index < -0.39 is 0 Å². The van der Waals surface area contributed by atoms with Crippen molar-refractivity contribution in [3.63, 3.8) is 0 Å². The van der Waals surface area contributed by atoms with Gasteiger partial charge < -0.3 is 9.88 Å². The summed E-state index contributed by atoms with van der Waals surface area (Å²) in [6.45, 7) is 10.2. The maximum atomic E-state index is 12.1. The topological polar surface area (TPSA) is 57.8 Å². The average molecular weight is 307 g/mol. The van der Waals surface area contributed by atoms with Gasteiger partial charge in [-0.05, 0) is 32.9 Å². The quantitative estimate of drug-likeness (QED) is 0.521. The molecular weight excluding hydrogens is 286 g/mol. The van der Waals surface area contributed by atoms with Gasteiger partial charge in [-0.25, -0.2) is 0 Å². The molecule has 1 aromatic heterocycles. The SMILES string of the molecule is C=CCn1c(C)c(C=C(C#N)C(=O)NC(C)C)c2ccccc21. The highest BCUT2D eigenvalue weighted by Crippen LogP contribution is 2.28. The molecule has 0 aliphatic carbocycles. The normalized spacial score (nSPS) is 11.5. The van der Waals surface area contributed by atoms with Crippen molar-refractivity contribution in [1.82, 2.24) is 9.88 Å². The molecule has 4 heteroatoms. The summed E-state index contributed by atoms with van der Waals surface area (Å²) in [7, 11) is 0. The molecule has 0 bridgehead atoms. The van der Waals surface area contributed by atoms with Crippen molar-refractivity contribution in [1.29, 1.82) is 5.26 Å². The van der Waals surface area contributed by atoms with E-state index in [4.69, 9.17) is 0 Å². The van der Waals surface area contributed by atoms with Gasteiger partial charge in [-0.1, -0.05) is 24.3 Å². The van der Waals surface area contributed by atoms with Crippen molar-refractivity contribution in [2.75, 3.05) is 0 Å². The zero-order chi connectivity index (χ0) is 17.0. The molecule has 0 spiro atoms. The van der Waals surface area contributed by atoms with Crippen LogP contribution in [0.25, 0.3) is 17.0 Å². The van der Waals surface area contributed by atoms with Crippen LogP contribution in [0.3, 0.4) is 0 Å². The number of benzene rings is 1. The number of para-hydroxylation sites is 1. The molecule has 0 unspecified atom stereocenters. The van der Waals surface area contributed by atoms with E-state index in [1.165, 1.54) is 0 Å². The van der Waals surface area contributed by atoms with E-state index >= 15 is 0 Å². The minimum Gasteiger partial charge on any atom is -0.349 e. The number of hydrogen-bond donors (Lipinski definition) is 1.